The fraction of sp³-hybridized carbons (Fsp3) is 0.171. The molecule has 0 N–H and O–H groups in total. The molecule has 0 spiro atoms. The molecule has 10 aromatic rings. The second-order valence-corrected chi connectivity index (χ2v) is 19.9. The van der Waals surface area contributed by atoms with Crippen LogP contribution in [0.2, 0.25) is 0 Å². The Bertz CT molecular complexity index is 3770. The molecule has 2 unspecified atom stereocenters. The van der Waals surface area contributed by atoms with Crippen LogP contribution in [0.15, 0.2) is 206 Å². The van der Waals surface area contributed by atoms with E-state index in [-0.39, 0.29) is 95.1 Å². The first-order valence-corrected chi connectivity index (χ1v) is 27.5. The predicted octanol–water partition coefficient (Wildman–Crippen LogP) is 15.1. The van der Waals surface area contributed by atoms with Crippen molar-refractivity contribution in [1.82, 2.24) is 0 Å². The van der Waals surface area contributed by atoms with Crippen LogP contribution in [0.4, 0.5) is 0 Å². The zero-order valence-electron chi connectivity index (χ0n) is 47.1. The number of benzene rings is 10. The van der Waals surface area contributed by atoms with E-state index >= 15 is 0 Å². The molecule has 16 heteroatoms. The van der Waals surface area contributed by atoms with Gasteiger partial charge in [0.25, 0.3) is 0 Å². The summed E-state index contributed by atoms with van der Waals surface area (Å²) < 4.78 is 80.7. The number of hydrogen-bond donors (Lipinski definition) is 0. The summed E-state index contributed by atoms with van der Waals surface area (Å²) in [6.45, 7) is 8.99. The molecule has 0 radical (unpaired) electrons. The average molecular weight is 1490 g/mol. The third-order valence-corrected chi connectivity index (χ3v) is 13.9. The number of rotatable bonds is 29. The minimum absolute atomic E-state index is 0. The fourth-order valence-electron chi connectivity index (χ4n) is 9.29. The Balaban J connectivity index is 0.00000410. The maximum atomic E-state index is 6.56. The topological polar surface area (TPSA) is 136 Å². The van der Waals surface area contributed by atoms with Crippen molar-refractivity contribution in [3.63, 3.8) is 0 Å². The van der Waals surface area contributed by atoms with Gasteiger partial charge in [0, 0.05) is 60.9 Å². The third-order valence-electron chi connectivity index (χ3n) is 13.9. The largest absolute Gasteiger partial charge is 0.568 e. The van der Waals surface area contributed by atoms with Gasteiger partial charge in [-0.25, -0.2) is 0 Å². The number of epoxide rings is 2. The van der Waals surface area contributed by atoms with Crippen molar-refractivity contribution in [3.05, 3.63) is 231 Å². The van der Waals surface area contributed by atoms with Gasteiger partial charge in [-0.05, 0) is 178 Å². The smallest absolute Gasteiger partial charge is 0.230 e. The summed E-state index contributed by atoms with van der Waals surface area (Å²) in [7, 11) is 0. The molecule has 0 aromatic heterocycles. The number of hydrogen-bond acceptors (Lipinski definition) is 14. The molecular formula is C70H60O14W2-2. The number of ether oxygens (including phenoxy) is 14. The molecule has 0 aliphatic carbocycles. The van der Waals surface area contributed by atoms with E-state index in [0.717, 1.165) is 66.1 Å². The van der Waals surface area contributed by atoms with Gasteiger partial charge in [0.2, 0.25) is 27.2 Å². The Kier molecular flexibility index (Phi) is 21.2. The van der Waals surface area contributed by atoms with Gasteiger partial charge in [-0.15, -0.1) is 0 Å². The van der Waals surface area contributed by atoms with Crippen molar-refractivity contribution in [3.8, 4) is 90.9 Å². The standard InChI is InChI=1S/C70H60O14.2W/c1-47-4-31-67-53(33-47)13-32-69(84-46-82-58-20-11-52(12-21-58)50-7-16-56(17-8-50)78-44-80-62-28-24-60(25-29-62)76-42-72-38-65-40-74-65)70(67)68-36-63(35-54-34-48(2)3-30-66(54)68)83-45-81-57-18-9-51(10-19-57)49-5-14-55(15-6-49)77-43-79-61-26-22-59(23-27-61)75-41-71-37-64-39-73-64;;/h3-36,39-40,64-65H,37-38,41-46H2,1-2H3;;/q-2;;. The maximum Gasteiger partial charge on any atom is 0.230 e. The molecule has 14 nitrogen and oxygen atoms in total. The van der Waals surface area contributed by atoms with E-state index in [1.54, 1.807) is 13.2 Å². The molecule has 10 aromatic carbocycles. The van der Waals surface area contributed by atoms with E-state index in [4.69, 9.17) is 66.3 Å². The first-order valence-electron chi connectivity index (χ1n) is 27.5. The van der Waals surface area contributed by atoms with E-state index in [0.29, 0.717) is 70.7 Å². The number of fused-ring (bicyclic) bond motifs is 2. The van der Waals surface area contributed by atoms with Crippen molar-refractivity contribution in [1.29, 1.82) is 0 Å². The molecule has 2 aliphatic rings. The molecule has 86 heavy (non-hydrogen) atoms. The molecule has 438 valence electrons. The zero-order chi connectivity index (χ0) is 56.9. The van der Waals surface area contributed by atoms with E-state index in [1.807, 2.05) is 152 Å². The molecule has 2 aliphatic heterocycles. The van der Waals surface area contributed by atoms with E-state index < -0.39 is 0 Å². The SMILES string of the molecule is Cc1ccc2c(-c3c(OCOc4ccc(-c5ccc(OCOc6ccc(OCOCC7[CH-]O7)cc6)cc5)cc4)ccc4cc(C)ccc34)cc(OCOc3ccc(-c4ccc(OCOc5ccc(OCOCC6[CH-]O6)cc5)cc4)cc3)cc2c1.[W].[W]. The second-order valence-electron chi connectivity index (χ2n) is 19.9. The van der Waals surface area contributed by atoms with Gasteiger partial charge in [0.1, 0.15) is 57.5 Å². The summed E-state index contributed by atoms with van der Waals surface area (Å²) in [5.74, 6) is 6.73. The Morgan fingerprint density at radius 1 is 0.314 bits per heavy atom. The van der Waals surface area contributed by atoms with Crippen LogP contribution in [0.1, 0.15) is 11.1 Å². The van der Waals surface area contributed by atoms with E-state index in [9.17, 15) is 0 Å². The molecular weight excluding hydrogens is 1430 g/mol. The summed E-state index contributed by atoms with van der Waals surface area (Å²) in [4.78, 5) is 0. The molecule has 12 rings (SSSR count). The van der Waals surface area contributed by atoms with Crippen molar-refractivity contribution in [2.24, 2.45) is 0 Å². The van der Waals surface area contributed by atoms with Crippen LogP contribution in [-0.2, 0) is 61.1 Å². The van der Waals surface area contributed by atoms with Gasteiger partial charge >= 0.3 is 0 Å². The van der Waals surface area contributed by atoms with Crippen molar-refractivity contribution in [2.45, 2.75) is 26.1 Å². The second kappa shape index (κ2) is 29.8. The van der Waals surface area contributed by atoms with Crippen LogP contribution in [0, 0.1) is 27.1 Å². The minimum atomic E-state index is -0.0168. The number of aryl methyl sites for hydroxylation is 2. The fourth-order valence-corrected chi connectivity index (χ4v) is 9.29. The van der Waals surface area contributed by atoms with Crippen LogP contribution < -0.4 is 47.4 Å². The van der Waals surface area contributed by atoms with Crippen LogP contribution in [0.25, 0.3) is 54.9 Å². The van der Waals surface area contributed by atoms with Crippen molar-refractivity contribution >= 4 is 21.5 Å². The monoisotopic (exact) mass is 1490 g/mol. The van der Waals surface area contributed by atoms with E-state index in [2.05, 4.69) is 68.4 Å². The quantitative estimate of drug-likeness (QED) is 0.0190. The third kappa shape index (κ3) is 16.9. The molecule has 2 fully saturated rings. The van der Waals surface area contributed by atoms with Crippen molar-refractivity contribution in [2.75, 3.05) is 54.0 Å². The van der Waals surface area contributed by atoms with Gasteiger partial charge in [-0.3, -0.25) is 0 Å². The molecule has 2 saturated heterocycles. The Morgan fingerprint density at radius 2 is 0.640 bits per heavy atom. The minimum Gasteiger partial charge on any atom is -0.568 e. The Labute approximate surface area is 528 Å². The van der Waals surface area contributed by atoms with Crippen LogP contribution >= 0.6 is 0 Å². The Hall–Kier alpha value is -8.06. The van der Waals surface area contributed by atoms with Gasteiger partial charge in [0.05, 0.1) is 0 Å². The normalized spacial score (nSPS) is 13.8. The first kappa shape index (κ1) is 61.0. The summed E-state index contributed by atoms with van der Waals surface area (Å²) in [6.07, 6.45) is 0.157. The summed E-state index contributed by atoms with van der Waals surface area (Å²) in [6, 6.07) is 67.3. The summed E-state index contributed by atoms with van der Waals surface area (Å²) >= 11 is 0. The molecule has 0 saturated carbocycles. The van der Waals surface area contributed by atoms with Gasteiger partial charge in [-0.2, -0.15) is 13.2 Å². The maximum absolute atomic E-state index is 6.56. The molecule has 0 bridgehead atoms. The van der Waals surface area contributed by atoms with Crippen LogP contribution in [0.3, 0.4) is 0 Å². The predicted molar refractivity (Wildman–Crippen MR) is 319 cm³/mol. The molecule has 2 atom stereocenters. The molecule has 2 heterocycles. The zero-order valence-corrected chi connectivity index (χ0v) is 53.0. The van der Waals surface area contributed by atoms with Crippen LogP contribution in [-0.4, -0.2) is 66.2 Å². The van der Waals surface area contributed by atoms with Gasteiger partial charge in [0.15, 0.2) is 13.6 Å². The van der Waals surface area contributed by atoms with Gasteiger partial charge in [-0.1, -0.05) is 114 Å². The van der Waals surface area contributed by atoms with E-state index in [1.165, 1.54) is 0 Å². The van der Waals surface area contributed by atoms with Crippen LogP contribution in [0.5, 0.6) is 57.5 Å². The van der Waals surface area contributed by atoms with Crippen molar-refractivity contribution < 1.29 is 108 Å². The molecule has 0 amide bonds. The summed E-state index contributed by atoms with van der Waals surface area (Å²) in [5, 5.41) is 4.22. The van der Waals surface area contributed by atoms with Gasteiger partial charge < -0.3 is 66.3 Å². The average Bonchev–Trinajstić information content (AvgIpc) is 1.69. The summed E-state index contributed by atoms with van der Waals surface area (Å²) in [5.41, 5.74) is 8.30. The Morgan fingerprint density at radius 3 is 1.02 bits per heavy atom. The first-order chi connectivity index (χ1) is 41.4.